The van der Waals surface area contributed by atoms with E-state index in [1.165, 1.54) is 6.92 Å². The molecule has 7 nitrogen and oxygen atoms in total. The average Bonchev–Trinajstić information content (AvgIpc) is 2.63. The van der Waals surface area contributed by atoms with Gasteiger partial charge in [-0.15, -0.1) is 0 Å². The summed E-state index contributed by atoms with van der Waals surface area (Å²) in [5.74, 6) is 0.0822. The van der Waals surface area contributed by atoms with Crippen LogP contribution in [0.25, 0.3) is 0 Å². The number of benzene rings is 1. The fraction of sp³-hybridized carbons (Fsp3) is 0.333. The molecule has 0 unspecified atom stereocenters. The van der Waals surface area contributed by atoms with Crippen molar-refractivity contribution in [1.82, 2.24) is 14.9 Å². The molecule has 25 heavy (non-hydrogen) atoms. The molecule has 0 bridgehead atoms. The predicted molar refractivity (Wildman–Crippen MR) is 93.6 cm³/mol. The summed E-state index contributed by atoms with van der Waals surface area (Å²) in [6, 6.07) is 11.4. The van der Waals surface area contributed by atoms with Crippen LogP contribution >= 0.6 is 0 Å². The molecule has 132 valence electrons. The van der Waals surface area contributed by atoms with E-state index in [9.17, 15) is 9.59 Å². The number of ether oxygens (including phenoxy) is 1. The molecule has 0 atom stereocenters. The number of aromatic nitrogens is 2. The molecule has 0 radical (unpaired) electrons. The molecular formula is C18H22N4O3. The van der Waals surface area contributed by atoms with Crippen LogP contribution in [0.1, 0.15) is 18.9 Å². The number of esters is 1. The van der Waals surface area contributed by atoms with Gasteiger partial charge in [0.05, 0.1) is 13.0 Å². The van der Waals surface area contributed by atoms with E-state index >= 15 is 0 Å². The Morgan fingerprint density at radius 3 is 2.52 bits per heavy atom. The molecule has 1 aromatic heterocycles. The first-order valence-electron chi connectivity index (χ1n) is 8.11. The van der Waals surface area contributed by atoms with Gasteiger partial charge in [-0.1, -0.05) is 30.3 Å². The summed E-state index contributed by atoms with van der Waals surface area (Å²) in [6.45, 7) is 2.96. The molecule has 1 amide bonds. The second-order valence-electron chi connectivity index (χ2n) is 5.40. The van der Waals surface area contributed by atoms with Gasteiger partial charge >= 0.3 is 5.97 Å². The molecule has 7 heteroatoms. The van der Waals surface area contributed by atoms with Crippen LogP contribution in [0.4, 0.5) is 5.95 Å². The van der Waals surface area contributed by atoms with Gasteiger partial charge in [0.1, 0.15) is 6.61 Å². The number of nitrogens with zero attached hydrogens (tertiary/aromatic N) is 3. The Bertz CT molecular complexity index is 665. The highest BCUT2D eigenvalue weighted by Gasteiger charge is 2.12. The summed E-state index contributed by atoms with van der Waals surface area (Å²) >= 11 is 0. The van der Waals surface area contributed by atoms with Crippen molar-refractivity contribution in [1.29, 1.82) is 0 Å². The van der Waals surface area contributed by atoms with Crippen molar-refractivity contribution >= 4 is 17.8 Å². The Balaban J connectivity index is 1.67. The zero-order chi connectivity index (χ0) is 17.9. The van der Waals surface area contributed by atoms with Gasteiger partial charge in [0.15, 0.2) is 0 Å². The normalized spacial score (nSPS) is 10.1. The second kappa shape index (κ2) is 10.0. The number of anilines is 1. The maximum atomic E-state index is 11.8. The van der Waals surface area contributed by atoms with Crippen LogP contribution in [-0.2, 0) is 20.9 Å². The summed E-state index contributed by atoms with van der Waals surface area (Å²) < 4.78 is 5.15. The molecule has 1 N–H and O–H groups in total. The zero-order valence-electron chi connectivity index (χ0n) is 14.2. The van der Waals surface area contributed by atoms with Gasteiger partial charge in [-0.05, 0) is 11.6 Å². The number of hydrogen-bond donors (Lipinski definition) is 1. The van der Waals surface area contributed by atoms with E-state index < -0.39 is 0 Å². The van der Waals surface area contributed by atoms with E-state index in [0.717, 1.165) is 5.56 Å². The van der Waals surface area contributed by atoms with Crippen LogP contribution in [0.3, 0.4) is 0 Å². The van der Waals surface area contributed by atoms with Crippen molar-refractivity contribution < 1.29 is 14.3 Å². The number of carbonyl (C=O) groups is 2. The van der Waals surface area contributed by atoms with Gasteiger partial charge in [-0.2, -0.15) is 0 Å². The first-order chi connectivity index (χ1) is 12.1. The second-order valence-corrected chi connectivity index (χ2v) is 5.40. The van der Waals surface area contributed by atoms with E-state index in [4.69, 9.17) is 4.74 Å². The highest BCUT2D eigenvalue weighted by atomic mass is 16.5. The zero-order valence-corrected chi connectivity index (χ0v) is 14.2. The quantitative estimate of drug-likeness (QED) is 0.553. The highest BCUT2D eigenvalue weighted by Crippen LogP contribution is 2.06. The van der Waals surface area contributed by atoms with Crippen molar-refractivity contribution in [2.75, 3.05) is 25.0 Å². The third kappa shape index (κ3) is 6.99. The van der Waals surface area contributed by atoms with Crippen molar-refractivity contribution in [3.63, 3.8) is 0 Å². The van der Waals surface area contributed by atoms with Crippen LogP contribution in [-0.4, -0.2) is 46.4 Å². The van der Waals surface area contributed by atoms with E-state index in [2.05, 4.69) is 15.3 Å². The van der Waals surface area contributed by atoms with E-state index in [1.54, 1.807) is 23.4 Å². The Morgan fingerprint density at radius 2 is 1.84 bits per heavy atom. The number of amides is 1. The van der Waals surface area contributed by atoms with Gasteiger partial charge in [0.25, 0.3) is 0 Å². The Morgan fingerprint density at radius 1 is 1.12 bits per heavy atom. The van der Waals surface area contributed by atoms with Gasteiger partial charge in [0.2, 0.25) is 11.9 Å². The minimum absolute atomic E-state index is 0.0699. The molecule has 1 aromatic carbocycles. The average molecular weight is 342 g/mol. The maximum Gasteiger partial charge on any atom is 0.307 e. The molecule has 0 saturated heterocycles. The lowest BCUT2D eigenvalue weighted by Crippen LogP contribution is -2.31. The molecule has 2 aromatic rings. The predicted octanol–water partition coefficient (Wildman–Crippen LogP) is 1.87. The van der Waals surface area contributed by atoms with Crippen molar-refractivity contribution in [2.45, 2.75) is 19.9 Å². The minimum atomic E-state index is -0.338. The minimum Gasteiger partial charge on any atom is -0.464 e. The third-order valence-electron chi connectivity index (χ3n) is 3.46. The topological polar surface area (TPSA) is 84.4 Å². The van der Waals surface area contributed by atoms with Gasteiger partial charge in [0, 0.05) is 32.4 Å². The highest BCUT2D eigenvalue weighted by molar-refractivity contribution is 5.75. The standard InChI is InChI=1S/C18H22N4O3/c1-15(23)22(14-16-6-3-2-4-7-16)12-8-17(24)25-13-11-21-18-19-9-5-10-20-18/h2-7,9-10H,8,11-14H2,1H3,(H,19,20,21). The van der Waals surface area contributed by atoms with Gasteiger partial charge in [-0.3, -0.25) is 9.59 Å². The summed E-state index contributed by atoms with van der Waals surface area (Å²) in [7, 11) is 0. The van der Waals surface area contributed by atoms with Crippen molar-refractivity contribution in [3.8, 4) is 0 Å². The SMILES string of the molecule is CC(=O)N(CCC(=O)OCCNc1ncccn1)Cc1ccccc1. The molecule has 1 heterocycles. The van der Waals surface area contributed by atoms with Crippen LogP contribution in [0.5, 0.6) is 0 Å². The first-order valence-corrected chi connectivity index (χ1v) is 8.11. The number of rotatable bonds is 9. The van der Waals surface area contributed by atoms with Crippen LogP contribution in [0.2, 0.25) is 0 Å². The third-order valence-corrected chi connectivity index (χ3v) is 3.46. The fourth-order valence-corrected chi connectivity index (χ4v) is 2.17. The lowest BCUT2D eigenvalue weighted by atomic mass is 10.2. The fourth-order valence-electron chi connectivity index (χ4n) is 2.17. The number of carbonyl (C=O) groups excluding carboxylic acids is 2. The molecule has 0 spiro atoms. The lowest BCUT2D eigenvalue weighted by molar-refractivity contribution is -0.144. The number of hydrogen-bond acceptors (Lipinski definition) is 6. The Hall–Kier alpha value is -2.96. The lowest BCUT2D eigenvalue weighted by Gasteiger charge is -2.20. The number of nitrogens with one attached hydrogen (secondary N) is 1. The van der Waals surface area contributed by atoms with Crippen molar-refractivity contribution in [3.05, 3.63) is 54.4 Å². The van der Waals surface area contributed by atoms with Crippen LogP contribution < -0.4 is 5.32 Å². The largest absolute Gasteiger partial charge is 0.464 e. The molecule has 0 fully saturated rings. The summed E-state index contributed by atoms with van der Waals surface area (Å²) in [5, 5.41) is 2.95. The summed E-state index contributed by atoms with van der Waals surface area (Å²) in [6.07, 6.45) is 3.42. The molecule has 2 rings (SSSR count). The maximum absolute atomic E-state index is 11.8. The Labute approximate surface area is 147 Å². The molecule has 0 aliphatic rings. The van der Waals surface area contributed by atoms with E-state index in [1.807, 2.05) is 30.3 Å². The summed E-state index contributed by atoms with van der Waals surface area (Å²) in [5.41, 5.74) is 1.03. The Kier molecular flexibility index (Phi) is 7.37. The van der Waals surface area contributed by atoms with E-state index in [0.29, 0.717) is 25.6 Å². The van der Waals surface area contributed by atoms with Crippen molar-refractivity contribution in [2.24, 2.45) is 0 Å². The first kappa shape index (κ1) is 18.4. The molecule has 0 aliphatic carbocycles. The van der Waals surface area contributed by atoms with Crippen LogP contribution in [0.15, 0.2) is 48.8 Å². The van der Waals surface area contributed by atoms with Gasteiger partial charge in [-0.25, -0.2) is 9.97 Å². The van der Waals surface area contributed by atoms with E-state index in [-0.39, 0.29) is 24.9 Å². The smallest absolute Gasteiger partial charge is 0.307 e. The summed E-state index contributed by atoms with van der Waals surface area (Å²) in [4.78, 5) is 33.2. The monoisotopic (exact) mass is 342 g/mol. The molecule has 0 saturated carbocycles. The molecule has 0 aliphatic heterocycles. The van der Waals surface area contributed by atoms with Crippen LogP contribution in [0, 0.1) is 0 Å². The van der Waals surface area contributed by atoms with Gasteiger partial charge < -0.3 is 15.0 Å². The molecular weight excluding hydrogens is 320 g/mol.